The van der Waals surface area contributed by atoms with Crippen molar-refractivity contribution in [2.75, 3.05) is 19.5 Å². The Bertz CT molecular complexity index is 1120. The van der Waals surface area contributed by atoms with Crippen LogP contribution in [0, 0.1) is 6.92 Å². The molecule has 31 heavy (non-hydrogen) atoms. The minimum absolute atomic E-state index is 0.313. The number of anilines is 1. The molecule has 0 unspecified atom stereocenters. The number of amides is 2. The summed E-state index contributed by atoms with van der Waals surface area (Å²) in [6, 6.07) is 13.4. The molecular formula is C23H24N4O4. The first-order valence-electron chi connectivity index (χ1n) is 9.86. The Morgan fingerprint density at radius 2 is 1.74 bits per heavy atom. The molecule has 2 heterocycles. The number of benzene rings is 2. The van der Waals surface area contributed by atoms with Gasteiger partial charge in [-0.05, 0) is 36.8 Å². The monoisotopic (exact) mass is 420 g/mol. The molecule has 1 aromatic heterocycles. The van der Waals surface area contributed by atoms with Gasteiger partial charge in [-0.25, -0.2) is 0 Å². The molecule has 8 nitrogen and oxygen atoms in total. The van der Waals surface area contributed by atoms with Crippen LogP contribution < -0.4 is 20.1 Å². The van der Waals surface area contributed by atoms with Gasteiger partial charge in [-0.2, -0.15) is 5.10 Å². The molecule has 0 spiro atoms. The van der Waals surface area contributed by atoms with Crippen molar-refractivity contribution < 1.29 is 19.1 Å². The summed E-state index contributed by atoms with van der Waals surface area (Å²) in [5.41, 5.74) is 2.87. The van der Waals surface area contributed by atoms with E-state index in [0.717, 1.165) is 16.8 Å². The quantitative estimate of drug-likeness (QED) is 0.662. The number of fused-ring (bicyclic) bond motifs is 1. The van der Waals surface area contributed by atoms with Crippen LogP contribution in [0.4, 0.5) is 5.82 Å². The van der Waals surface area contributed by atoms with Gasteiger partial charge in [0, 0.05) is 30.2 Å². The number of aryl methyl sites for hydroxylation is 2. The maximum absolute atomic E-state index is 13.1. The molecular weight excluding hydrogens is 396 g/mol. The van der Waals surface area contributed by atoms with Gasteiger partial charge < -0.3 is 20.1 Å². The van der Waals surface area contributed by atoms with Crippen LogP contribution in [0.2, 0.25) is 0 Å². The number of ether oxygens (including phenoxy) is 2. The van der Waals surface area contributed by atoms with E-state index in [1.54, 1.807) is 56.3 Å². The van der Waals surface area contributed by atoms with E-state index in [4.69, 9.17) is 9.47 Å². The topological polar surface area (TPSA) is 94.5 Å². The zero-order valence-electron chi connectivity index (χ0n) is 17.8. The maximum atomic E-state index is 13.1. The van der Waals surface area contributed by atoms with E-state index in [9.17, 15) is 9.59 Å². The van der Waals surface area contributed by atoms with E-state index in [1.165, 1.54) is 0 Å². The molecule has 0 saturated heterocycles. The summed E-state index contributed by atoms with van der Waals surface area (Å²) in [5, 5.41) is 10.3. The second-order valence-electron chi connectivity index (χ2n) is 7.40. The van der Waals surface area contributed by atoms with Crippen molar-refractivity contribution in [2.24, 2.45) is 7.05 Å². The van der Waals surface area contributed by atoms with Gasteiger partial charge in [-0.1, -0.05) is 18.2 Å². The average Bonchev–Trinajstić information content (AvgIpc) is 3.06. The lowest BCUT2D eigenvalue weighted by Gasteiger charge is -2.33. The molecule has 0 radical (unpaired) electrons. The molecule has 2 aromatic carbocycles. The smallest absolute Gasteiger partial charge is 0.251 e. The van der Waals surface area contributed by atoms with Crippen molar-refractivity contribution >= 4 is 17.6 Å². The largest absolute Gasteiger partial charge is 0.497 e. The molecule has 4 rings (SSSR count). The molecule has 8 heteroatoms. The first-order chi connectivity index (χ1) is 14.9. The van der Waals surface area contributed by atoms with E-state index < -0.39 is 12.0 Å². The minimum Gasteiger partial charge on any atom is -0.497 e. The van der Waals surface area contributed by atoms with Gasteiger partial charge in [-0.15, -0.1) is 0 Å². The molecule has 0 bridgehead atoms. The number of rotatable bonds is 5. The summed E-state index contributed by atoms with van der Waals surface area (Å²) in [6.07, 6.45) is 0. The minimum atomic E-state index is -0.847. The van der Waals surface area contributed by atoms with Crippen molar-refractivity contribution in [3.63, 3.8) is 0 Å². The highest BCUT2D eigenvalue weighted by molar-refractivity contribution is 6.03. The molecule has 3 aromatic rings. The fourth-order valence-electron chi connectivity index (χ4n) is 4.04. The first kappa shape index (κ1) is 20.5. The summed E-state index contributed by atoms with van der Waals surface area (Å²) in [4.78, 5) is 26.1. The molecule has 0 aliphatic carbocycles. The van der Waals surface area contributed by atoms with Crippen LogP contribution in [0.1, 0.15) is 33.1 Å². The van der Waals surface area contributed by atoms with Crippen LogP contribution in [0.3, 0.4) is 0 Å². The lowest BCUT2D eigenvalue weighted by Crippen LogP contribution is -2.50. The number of aromatic nitrogens is 2. The molecule has 1 aliphatic heterocycles. The third kappa shape index (κ3) is 3.72. The highest BCUT2D eigenvalue weighted by Crippen LogP contribution is 2.41. The third-order valence-corrected chi connectivity index (χ3v) is 5.49. The van der Waals surface area contributed by atoms with Crippen molar-refractivity contribution in [2.45, 2.75) is 18.9 Å². The summed E-state index contributed by atoms with van der Waals surface area (Å²) >= 11 is 0. The van der Waals surface area contributed by atoms with Crippen molar-refractivity contribution in [1.82, 2.24) is 15.1 Å². The number of methoxy groups -OCH3 is 2. The number of carbonyl (C=O) groups excluding carboxylic acids is 2. The van der Waals surface area contributed by atoms with Gasteiger partial charge in [0.15, 0.2) is 0 Å². The molecule has 160 valence electrons. The lowest BCUT2D eigenvalue weighted by molar-refractivity contribution is -0.118. The standard InChI is InChI=1S/C23H24N4O4/c1-13-18-19(15-10-16(30-3)12-17(11-15)31-4)20(23(29)25-21(18)27(2)26-13)24-22(28)14-8-6-5-7-9-14/h5-12,19-20H,1-4H3,(H,24,28)(H,25,29)/t19-,20-/m0/s1. The molecule has 2 N–H and O–H groups in total. The Hall–Kier alpha value is -3.81. The second kappa shape index (κ2) is 8.14. The van der Waals surface area contributed by atoms with E-state index in [2.05, 4.69) is 15.7 Å². The molecule has 1 aliphatic rings. The molecule has 0 saturated carbocycles. The van der Waals surface area contributed by atoms with Crippen molar-refractivity contribution in [3.8, 4) is 11.5 Å². The zero-order chi connectivity index (χ0) is 22.1. The average molecular weight is 420 g/mol. The van der Waals surface area contributed by atoms with Crippen LogP contribution in [-0.4, -0.2) is 41.9 Å². The number of hydrogen-bond acceptors (Lipinski definition) is 5. The number of nitrogens with zero attached hydrogens (tertiary/aromatic N) is 2. The van der Waals surface area contributed by atoms with E-state index >= 15 is 0 Å². The first-order valence-corrected chi connectivity index (χ1v) is 9.86. The van der Waals surface area contributed by atoms with Gasteiger partial charge >= 0.3 is 0 Å². The maximum Gasteiger partial charge on any atom is 0.251 e. The van der Waals surface area contributed by atoms with Gasteiger partial charge in [-0.3, -0.25) is 14.3 Å². The predicted molar refractivity (Wildman–Crippen MR) is 116 cm³/mol. The molecule has 2 amide bonds. The Kier molecular flexibility index (Phi) is 5.37. The summed E-state index contributed by atoms with van der Waals surface area (Å²) in [7, 11) is 4.92. The second-order valence-corrected chi connectivity index (χ2v) is 7.40. The Morgan fingerprint density at radius 1 is 1.10 bits per heavy atom. The third-order valence-electron chi connectivity index (χ3n) is 5.49. The van der Waals surface area contributed by atoms with Gasteiger partial charge in [0.05, 0.1) is 19.9 Å². The normalized spacial score (nSPS) is 17.5. The van der Waals surface area contributed by atoms with Gasteiger partial charge in [0.1, 0.15) is 23.4 Å². The van der Waals surface area contributed by atoms with Crippen LogP contribution in [0.5, 0.6) is 11.5 Å². The highest BCUT2D eigenvalue weighted by atomic mass is 16.5. The fraction of sp³-hybridized carbons (Fsp3) is 0.261. The number of carbonyl (C=O) groups is 2. The van der Waals surface area contributed by atoms with Gasteiger partial charge in [0.2, 0.25) is 5.91 Å². The van der Waals surface area contributed by atoms with E-state index in [-0.39, 0.29) is 11.8 Å². The molecule has 2 atom stereocenters. The Labute approximate surface area is 180 Å². The van der Waals surface area contributed by atoms with Crippen molar-refractivity contribution in [3.05, 3.63) is 70.9 Å². The van der Waals surface area contributed by atoms with Crippen LogP contribution in [-0.2, 0) is 11.8 Å². The SMILES string of the molecule is COc1cc(OC)cc([C@H]2c3c(C)nn(C)c3NC(=O)[C@H]2NC(=O)c2ccccc2)c1. The van der Waals surface area contributed by atoms with E-state index in [1.807, 2.05) is 25.1 Å². The van der Waals surface area contributed by atoms with Crippen LogP contribution >= 0.6 is 0 Å². The summed E-state index contributed by atoms with van der Waals surface area (Å²) < 4.78 is 12.5. The number of hydrogen-bond donors (Lipinski definition) is 2. The fourth-order valence-corrected chi connectivity index (χ4v) is 4.04. The Morgan fingerprint density at radius 3 is 2.35 bits per heavy atom. The number of nitrogens with one attached hydrogen (secondary N) is 2. The van der Waals surface area contributed by atoms with Crippen molar-refractivity contribution in [1.29, 1.82) is 0 Å². The Balaban J connectivity index is 1.84. The van der Waals surface area contributed by atoms with Crippen LogP contribution in [0.15, 0.2) is 48.5 Å². The van der Waals surface area contributed by atoms with Gasteiger partial charge in [0.25, 0.3) is 5.91 Å². The molecule has 0 fully saturated rings. The highest BCUT2D eigenvalue weighted by Gasteiger charge is 2.41. The summed E-state index contributed by atoms with van der Waals surface area (Å²) in [6.45, 7) is 1.89. The van der Waals surface area contributed by atoms with E-state index in [0.29, 0.717) is 22.9 Å². The summed E-state index contributed by atoms with van der Waals surface area (Å²) in [5.74, 6) is 0.680. The lowest BCUT2D eigenvalue weighted by atomic mass is 9.81. The zero-order valence-corrected chi connectivity index (χ0v) is 17.8. The van der Waals surface area contributed by atoms with Crippen LogP contribution in [0.25, 0.3) is 0 Å². The predicted octanol–water partition coefficient (Wildman–Crippen LogP) is 2.63.